The molecule has 20 heavy (non-hydrogen) atoms. The molecule has 110 valence electrons. The maximum absolute atomic E-state index is 11.7. The van der Waals surface area contributed by atoms with Crippen LogP contribution in [0, 0.1) is 0 Å². The largest absolute Gasteiger partial charge is 0.468 e. The highest BCUT2D eigenvalue weighted by atomic mass is 79.9. The van der Waals surface area contributed by atoms with Gasteiger partial charge >= 0.3 is 6.09 Å². The molecular weight excluding hydrogens is 328 g/mol. The molecule has 1 aliphatic rings. The zero-order valence-electron chi connectivity index (χ0n) is 11.6. The first-order valence-electron chi connectivity index (χ1n) is 6.17. The van der Waals surface area contributed by atoms with E-state index in [0.29, 0.717) is 17.7 Å². The molecule has 1 aromatic heterocycles. The molecule has 1 fully saturated rings. The third-order valence-electron chi connectivity index (χ3n) is 2.52. The molecule has 0 aliphatic carbocycles. The van der Waals surface area contributed by atoms with E-state index in [1.165, 1.54) is 6.20 Å². The number of likely N-dealkylation sites (tertiary alicyclic amines) is 1. The lowest BCUT2D eigenvalue weighted by Gasteiger charge is -2.39. The quantitative estimate of drug-likeness (QED) is 0.879. The van der Waals surface area contributed by atoms with Crippen molar-refractivity contribution in [2.75, 3.05) is 18.8 Å². The lowest BCUT2D eigenvalue weighted by molar-refractivity contribution is -0.0231. The summed E-state index contributed by atoms with van der Waals surface area (Å²) >= 11 is 3.20. The standard InChI is InChI=1S/C12H17BrN4O3/c1-12(2,3)20-11(18)17-5-7(6-17)19-10-9(14)15-4-8(13)16-10/h4,7H,5-6H2,1-3H3,(H2,14,15). The Bertz CT molecular complexity index is 512. The average molecular weight is 345 g/mol. The monoisotopic (exact) mass is 344 g/mol. The Hall–Kier alpha value is -1.57. The summed E-state index contributed by atoms with van der Waals surface area (Å²) in [5.74, 6) is 0.497. The molecule has 1 saturated heterocycles. The van der Waals surface area contributed by atoms with Crippen LogP contribution in [0.15, 0.2) is 10.8 Å². The lowest BCUT2D eigenvalue weighted by Crippen LogP contribution is -2.57. The molecule has 0 unspecified atom stereocenters. The number of aromatic nitrogens is 2. The van der Waals surface area contributed by atoms with Gasteiger partial charge in [0.15, 0.2) is 5.82 Å². The summed E-state index contributed by atoms with van der Waals surface area (Å²) in [6.07, 6.45) is 1.01. The summed E-state index contributed by atoms with van der Waals surface area (Å²) in [4.78, 5) is 21.3. The van der Waals surface area contributed by atoms with Gasteiger partial charge in [-0.15, -0.1) is 0 Å². The van der Waals surface area contributed by atoms with Crippen LogP contribution in [-0.4, -0.2) is 45.8 Å². The minimum absolute atomic E-state index is 0.145. The van der Waals surface area contributed by atoms with Gasteiger partial charge in [-0.3, -0.25) is 0 Å². The smallest absolute Gasteiger partial charge is 0.410 e. The highest BCUT2D eigenvalue weighted by Crippen LogP contribution is 2.23. The van der Waals surface area contributed by atoms with Crippen LogP contribution >= 0.6 is 15.9 Å². The molecule has 2 rings (SSSR count). The predicted octanol–water partition coefficient (Wildman–Crippen LogP) is 1.82. The zero-order chi connectivity index (χ0) is 14.9. The molecule has 0 bridgehead atoms. The number of halogens is 1. The maximum Gasteiger partial charge on any atom is 0.410 e. The lowest BCUT2D eigenvalue weighted by atomic mass is 10.2. The van der Waals surface area contributed by atoms with Crippen molar-refractivity contribution in [2.24, 2.45) is 0 Å². The van der Waals surface area contributed by atoms with E-state index in [-0.39, 0.29) is 23.9 Å². The molecular formula is C12H17BrN4O3. The number of carbonyl (C=O) groups excluding carboxylic acids is 1. The number of hydrogen-bond acceptors (Lipinski definition) is 6. The van der Waals surface area contributed by atoms with Crippen LogP contribution in [0.2, 0.25) is 0 Å². The Morgan fingerprint density at radius 3 is 2.75 bits per heavy atom. The molecule has 7 nitrogen and oxygen atoms in total. The third kappa shape index (κ3) is 3.72. The number of nitrogens with two attached hydrogens (primary N) is 1. The first-order valence-corrected chi connectivity index (χ1v) is 6.96. The molecule has 1 aromatic rings. The molecule has 8 heteroatoms. The minimum Gasteiger partial charge on any atom is -0.468 e. The van der Waals surface area contributed by atoms with Crippen LogP contribution in [0.1, 0.15) is 20.8 Å². The second-order valence-corrected chi connectivity index (χ2v) is 6.32. The van der Waals surface area contributed by atoms with Crippen LogP contribution in [0.4, 0.5) is 10.6 Å². The van der Waals surface area contributed by atoms with Crippen molar-refractivity contribution in [3.63, 3.8) is 0 Å². The normalized spacial score (nSPS) is 15.7. The second kappa shape index (κ2) is 5.43. The van der Waals surface area contributed by atoms with Gasteiger partial charge in [-0.1, -0.05) is 0 Å². The van der Waals surface area contributed by atoms with Crippen LogP contribution in [-0.2, 0) is 4.74 Å². The fourth-order valence-electron chi connectivity index (χ4n) is 1.59. The van der Waals surface area contributed by atoms with Gasteiger partial charge in [0.2, 0.25) is 0 Å². The Labute approximate surface area is 125 Å². The van der Waals surface area contributed by atoms with Crippen molar-refractivity contribution < 1.29 is 14.3 Å². The topological polar surface area (TPSA) is 90.6 Å². The molecule has 0 radical (unpaired) electrons. The van der Waals surface area contributed by atoms with Gasteiger partial charge in [0.1, 0.15) is 16.3 Å². The van der Waals surface area contributed by atoms with Crippen molar-refractivity contribution in [3.8, 4) is 5.88 Å². The van der Waals surface area contributed by atoms with Crippen LogP contribution in [0.3, 0.4) is 0 Å². The van der Waals surface area contributed by atoms with E-state index in [1.807, 2.05) is 20.8 Å². The van der Waals surface area contributed by atoms with Gasteiger partial charge in [-0.05, 0) is 36.7 Å². The van der Waals surface area contributed by atoms with E-state index < -0.39 is 5.60 Å². The predicted molar refractivity (Wildman–Crippen MR) is 76.4 cm³/mol. The molecule has 2 N–H and O–H groups in total. The number of nitrogens with zero attached hydrogens (tertiary/aromatic N) is 3. The summed E-state index contributed by atoms with van der Waals surface area (Å²) in [5, 5.41) is 0. The second-order valence-electron chi connectivity index (χ2n) is 5.51. The van der Waals surface area contributed by atoms with Crippen molar-refractivity contribution >= 4 is 27.8 Å². The summed E-state index contributed by atoms with van der Waals surface area (Å²) in [5.41, 5.74) is 5.17. The Morgan fingerprint density at radius 1 is 1.50 bits per heavy atom. The fourth-order valence-corrected chi connectivity index (χ4v) is 1.86. The van der Waals surface area contributed by atoms with Crippen molar-refractivity contribution in [2.45, 2.75) is 32.5 Å². The summed E-state index contributed by atoms with van der Waals surface area (Å²) < 4.78 is 11.4. The van der Waals surface area contributed by atoms with Crippen molar-refractivity contribution in [3.05, 3.63) is 10.8 Å². The number of anilines is 1. The number of amides is 1. The van der Waals surface area contributed by atoms with Crippen LogP contribution in [0.25, 0.3) is 0 Å². The maximum atomic E-state index is 11.7. The number of ether oxygens (including phenoxy) is 2. The average Bonchev–Trinajstić information content (AvgIpc) is 2.24. The minimum atomic E-state index is -0.497. The molecule has 0 spiro atoms. The van der Waals surface area contributed by atoms with Gasteiger partial charge in [-0.25, -0.2) is 14.8 Å². The third-order valence-corrected chi connectivity index (χ3v) is 2.90. The van der Waals surface area contributed by atoms with Crippen LogP contribution in [0.5, 0.6) is 5.88 Å². The van der Waals surface area contributed by atoms with E-state index in [0.717, 1.165) is 0 Å². The van der Waals surface area contributed by atoms with Crippen molar-refractivity contribution in [1.29, 1.82) is 0 Å². The Kier molecular flexibility index (Phi) is 4.03. The molecule has 2 heterocycles. The van der Waals surface area contributed by atoms with E-state index in [4.69, 9.17) is 15.2 Å². The van der Waals surface area contributed by atoms with Gasteiger partial charge in [0.25, 0.3) is 5.88 Å². The van der Waals surface area contributed by atoms with E-state index >= 15 is 0 Å². The van der Waals surface area contributed by atoms with Gasteiger partial charge in [0, 0.05) is 0 Å². The Morgan fingerprint density at radius 2 is 2.15 bits per heavy atom. The molecule has 0 aromatic carbocycles. The van der Waals surface area contributed by atoms with Crippen molar-refractivity contribution in [1.82, 2.24) is 14.9 Å². The molecule has 1 amide bonds. The number of nitrogen functional groups attached to an aromatic ring is 1. The summed E-state index contributed by atoms with van der Waals surface area (Å²) in [7, 11) is 0. The first-order chi connectivity index (χ1) is 9.24. The molecule has 0 saturated carbocycles. The number of hydrogen-bond donors (Lipinski definition) is 1. The van der Waals surface area contributed by atoms with E-state index in [1.54, 1.807) is 4.90 Å². The molecule has 0 atom stereocenters. The Balaban J connectivity index is 1.85. The number of carbonyl (C=O) groups is 1. The SMILES string of the molecule is CC(C)(C)OC(=O)N1CC(Oc2nc(Br)cnc2N)C1. The molecule has 1 aliphatic heterocycles. The van der Waals surface area contributed by atoms with Gasteiger partial charge < -0.3 is 20.1 Å². The van der Waals surface area contributed by atoms with E-state index in [9.17, 15) is 4.79 Å². The van der Waals surface area contributed by atoms with Crippen LogP contribution < -0.4 is 10.5 Å². The van der Waals surface area contributed by atoms with Gasteiger partial charge in [0.05, 0.1) is 19.3 Å². The summed E-state index contributed by atoms with van der Waals surface area (Å²) in [6, 6.07) is 0. The van der Waals surface area contributed by atoms with E-state index in [2.05, 4.69) is 25.9 Å². The fraction of sp³-hybridized carbons (Fsp3) is 0.583. The highest BCUT2D eigenvalue weighted by molar-refractivity contribution is 9.10. The van der Waals surface area contributed by atoms with Gasteiger partial charge in [-0.2, -0.15) is 0 Å². The zero-order valence-corrected chi connectivity index (χ0v) is 13.2. The summed E-state index contributed by atoms with van der Waals surface area (Å²) in [6.45, 7) is 6.38. The highest BCUT2D eigenvalue weighted by Gasteiger charge is 2.35. The first kappa shape index (κ1) is 14.8. The number of rotatable bonds is 2.